The van der Waals surface area contributed by atoms with Crippen LogP contribution in [0, 0.1) is 0 Å². The van der Waals surface area contributed by atoms with Crippen molar-refractivity contribution in [1.82, 2.24) is 20.1 Å². The molecule has 0 aliphatic heterocycles. The van der Waals surface area contributed by atoms with Crippen molar-refractivity contribution in [2.75, 3.05) is 27.2 Å². The average Bonchev–Trinajstić information content (AvgIpc) is 2.80. The number of rotatable bonds is 6. The lowest BCUT2D eigenvalue weighted by Crippen LogP contribution is -2.46. The lowest BCUT2D eigenvalue weighted by Gasteiger charge is -2.30. The van der Waals surface area contributed by atoms with Crippen molar-refractivity contribution in [1.29, 1.82) is 0 Å². The number of nitrogens with zero attached hydrogens (tertiary/aromatic N) is 3. The summed E-state index contributed by atoms with van der Waals surface area (Å²) in [5.74, 6) is 0. The molecular weight excluding hydrogens is 304 g/mol. The molecule has 0 bridgehead atoms. The normalized spacial score (nSPS) is 16.1. The first kappa shape index (κ1) is 18.1. The molecule has 1 aromatic rings. The fourth-order valence-corrected chi connectivity index (χ4v) is 3.29. The zero-order chi connectivity index (χ0) is 16.5. The Morgan fingerprint density at radius 3 is 2.39 bits per heavy atom. The molecule has 1 heterocycles. The maximum Gasteiger partial charge on any atom is 0.169 e. The molecule has 0 atom stereocenters. The molecule has 128 valence electrons. The summed E-state index contributed by atoms with van der Waals surface area (Å²) in [6, 6.07) is 4.68. The van der Waals surface area contributed by atoms with Gasteiger partial charge in [0.2, 0.25) is 0 Å². The molecule has 0 amide bonds. The first-order valence-electron chi connectivity index (χ1n) is 8.74. The van der Waals surface area contributed by atoms with Gasteiger partial charge in [-0.3, -0.25) is 4.98 Å². The Hall–Kier alpha value is -1.20. The summed E-state index contributed by atoms with van der Waals surface area (Å²) in [5, 5.41) is 4.52. The number of likely N-dealkylation sites (N-methyl/N-ethyl adjacent to an activating group) is 1. The van der Waals surface area contributed by atoms with E-state index in [1.165, 1.54) is 44.1 Å². The molecule has 1 fully saturated rings. The van der Waals surface area contributed by atoms with E-state index in [-0.39, 0.29) is 0 Å². The monoisotopic (exact) mass is 334 g/mol. The van der Waals surface area contributed by atoms with Crippen LogP contribution in [0.5, 0.6) is 0 Å². The van der Waals surface area contributed by atoms with E-state index < -0.39 is 0 Å². The number of aromatic nitrogens is 1. The van der Waals surface area contributed by atoms with Gasteiger partial charge in [0.05, 0.1) is 0 Å². The summed E-state index contributed by atoms with van der Waals surface area (Å²) in [4.78, 5) is 8.59. The molecule has 0 aromatic carbocycles. The zero-order valence-electron chi connectivity index (χ0n) is 14.5. The molecule has 1 aromatic heterocycles. The number of hydrogen-bond acceptors (Lipinski definition) is 3. The molecule has 1 aliphatic carbocycles. The Balaban J connectivity index is 1.95. The highest BCUT2D eigenvalue weighted by molar-refractivity contribution is 7.80. The van der Waals surface area contributed by atoms with Crippen LogP contribution in [0.15, 0.2) is 24.5 Å². The minimum Gasteiger partial charge on any atom is -0.360 e. The van der Waals surface area contributed by atoms with Gasteiger partial charge in [0.1, 0.15) is 0 Å². The van der Waals surface area contributed by atoms with E-state index in [1.807, 2.05) is 12.4 Å². The zero-order valence-corrected chi connectivity index (χ0v) is 15.3. The van der Waals surface area contributed by atoms with Gasteiger partial charge in [0.25, 0.3) is 0 Å². The molecule has 4 nitrogen and oxygen atoms in total. The molecule has 0 radical (unpaired) electrons. The maximum absolute atomic E-state index is 5.73. The molecule has 1 aliphatic rings. The van der Waals surface area contributed by atoms with Gasteiger partial charge in [-0.1, -0.05) is 25.7 Å². The Morgan fingerprint density at radius 1 is 1.13 bits per heavy atom. The molecule has 23 heavy (non-hydrogen) atoms. The van der Waals surface area contributed by atoms with Crippen LogP contribution < -0.4 is 5.32 Å². The van der Waals surface area contributed by atoms with E-state index in [2.05, 4.69) is 46.3 Å². The van der Waals surface area contributed by atoms with Crippen LogP contribution in [0.3, 0.4) is 0 Å². The fourth-order valence-electron chi connectivity index (χ4n) is 2.97. The van der Waals surface area contributed by atoms with Crippen LogP contribution in [-0.2, 0) is 6.54 Å². The Kier molecular flexibility index (Phi) is 7.76. The Labute approximate surface area is 146 Å². The Bertz CT molecular complexity index is 455. The van der Waals surface area contributed by atoms with Crippen LogP contribution in [0.25, 0.3) is 0 Å². The summed E-state index contributed by atoms with van der Waals surface area (Å²) >= 11 is 5.73. The van der Waals surface area contributed by atoms with Crippen LogP contribution >= 0.6 is 12.2 Å². The first-order chi connectivity index (χ1) is 11.1. The van der Waals surface area contributed by atoms with Gasteiger partial charge >= 0.3 is 0 Å². The van der Waals surface area contributed by atoms with Crippen LogP contribution in [0.4, 0.5) is 0 Å². The highest BCUT2D eigenvalue weighted by Crippen LogP contribution is 2.17. The number of nitrogens with one attached hydrogen (secondary N) is 1. The number of thiocarbonyl (C=S) groups is 1. The molecule has 5 heteroatoms. The van der Waals surface area contributed by atoms with Crippen molar-refractivity contribution >= 4 is 17.3 Å². The second-order valence-electron chi connectivity index (χ2n) is 6.72. The van der Waals surface area contributed by atoms with Gasteiger partial charge in [-0.25, -0.2) is 0 Å². The van der Waals surface area contributed by atoms with Gasteiger partial charge in [0.15, 0.2) is 5.11 Å². The van der Waals surface area contributed by atoms with E-state index in [0.717, 1.165) is 24.7 Å². The van der Waals surface area contributed by atoms with Gasteiger partial charge < -0.3 is 15.1 Å². The average molecular weight is 335 g/mol. The first-order valence-corrected chi connectivity index (χ1v) is 9.15. The standard InChI is InChI=1S/C18H30N4S/c1-21(2)13-14-22(15-16-9-11-19-12-10-16)18(23)20-17-7-5-3-4-6-8-17/h9-12,17H,3-8,13-15H2,1-2H3,(H,20,23). The van der Waals surface area contributed by atoms with Crippen LogP contribution in [0.1, 0.15) is 44.1 Å². The molecule has 0 saturated heterocycles. The molecule has 1 N–H and O–H groups in total. The predicted octanol–water partition coefficient (Wildman–Crippen LogP) is 3.04. The Morgan fingerprint density at radius 2 is 1.78 bits per heavy atom. The predicted molar refractivity (Wildman–Crippen MR) is 100 cm³/mol. The summed E-state index contributed by atoms with van der Waals surface area (Å²) in [7, 11) is 4.21. The van der Waals surface area contributed by atoms with E-state index in [1.54, 1.807) is 0 Å². The minimum absolute atomic E-state index is 0.546. The lowest BCUT2D eigenvalue weighted by atomic mass is 10.1. The van der Waals surface area contributed by atoms with Gasteiger partial charge in [-0.2, -0.15) is 0 Å². The summed E-state index contributed by atoms with van der Waals surface area (Å²) in [6.45, 7) is 2.78. The summed E-state index contributed by atoms with van der Waals surface area (Å²) in [6.07, 6.45) is 11.6. The van der Waals surface area contributed by atoms with Crippen LogP contribution in [0.2, 0.25) is 0 Å². The lowest BCUT2D eigenvalue weighted by molar-refractivity contribution is 0.318. The van der Waals surface area contributed by atoms with Crippen molar-refractivity contribution in [3.05, 3.63) is 30.1 Å². The smallest absolute Gasteiger partial charge is 0.169 e. The van der Waals surface area contributed by atoms with E-state index in [0.29, 0.717) is 6.04 Å². The third kappa shape index (κ3) is 6.83. The highest BCUT2D eigenvalue weighted by Gasteiger charge is 2.17. The second kappa shape index (κ2) is 9.83. The molecular formula is C18H30N4S. The third-order valence-electron chi connectivity index (χ3n) is 4.41. The molecule has 1 saturated carbocycles. The molecule has 2 rings (SSSR count). The molecule has 0 unspecified atom stereocenters. The van der Waals surface area contributed by atoms with Gasteiger partial charge in [0, 0.05) is 38.1 Å². The largest absolute Gasteiger partial charge is 0.360 e. The van der Waals surface area contributed by atoms with E-state index in [9.17, 15) is 0 Å². The fraction of sp³-hybridized carbons (Fsp3) is 0.667. The van der Waals surface area contributed by atoms with Crippen molar-refractivity contribution < 1.29 is 0 Å². The van der Waals surface area contributed by atoms with Crippen molar-refractivity contribution in [3.63, 3.8) is 0 Å². The van der Waals surface area contributed by atoms with Gasteiger partial charge in [-0.05, 0) is 56.9 Å². The number of hydrogen-bond donors (Lipinski definition) is 1. The summed E-state index contributed by atoms with van der Waals surface area (Å²) in [5.41, 5.74) is 1.25. The highest BCUT2D eigenvalue weighted by atomic mass is 32.1. The van der Waals surface area contributed by atoms with Crippen molar-refractivity contribution in [3.8, 4) is 0 Å². The quantitative estimate of drug-likeness (QED) is 0.638. The third-order valence-corrected chi connectivity index (χ3v) is 4.79. The maximum atomic E-state index is 5.73. The summed E-state index contributed by atoms with van der Waals surface area (Å²) < 4.78 is 0. The minimum atomic E-state index is 0.546. The van der Waals surface area contributed by atoms with E-state index >= 15 is 0 Å². The number of pyridine rings is 1. The van der Waals surface area contributed by atoms with Gasteiger partial charge in [-0.15, -0.1) is 0 Å². The van der Waals surface area contributed by atoms with Crippen molar-refractivity contribution in [2.45, 2.75) is 51.1 Å². The van der Waals surface area contributed by atoms with Crippen LogP contribution in [-0.4, -0.2) is 53.1 Å². The van der Waals surface area contributed by atoms with E-state index in [4.69, 9.17) is 12.2 Å². The second-order valence-corrected chi connectivity index (χ2v) is 7.10. The topological polar surface area (TPSA) is 31.4 Å². The van der Waals surface area contributed by atoms with Crippen molar-refractivity contribution in [2.24, 2.45) is 0 Å². The SMILES string of the molecule is CN(C)CCN(Cc1ccncc1)C(=S)NC1CCCCCC1. The molecule has 0 spiro atoms.